The van der Waals surface area contributed by atoms with Crippen molar-refractivity contribution in [1.82, 2.24) is 19.7 Å². The molecule has 1 N–H and O–H groups in total. The molecule has 1 aromatic carbocycles. The van der Waals surface area contributed by atoms with Gasteiger partial charge in [0.05, 0.1) is 12.3 Å². The van der Waals surface area contributed by atoms with Crippen molar-refractivity contribution < 1.29 is 9.59 Å². The number of nitrogens with zero attached hydrogens (tertiary/aromatic N) is 4. The number of hydrogen-bond acceptors (Lipinski definition) is 5. The number of thioether (sulfide) groups is 1. The van der Waals surface area contributed by atoms with E-state index in [4.69, 9.17) is 0 Å². The third-order valence-corrected chi connectivity index (χ3v) is 4.96. The van der Waals surface area contributed by atoms with Crippen LogP contribution in [0.15, 0.2) is 35.7 Å². The SMILES string of the molecule is CCCN(CC(=O)Nc1ccccc1C)C(=O)CSc1nncn1C(C)C. The Balaban J connectivity index is 1.94. The van der Waals surface area contributed by atoms with Gasteiger partial charge in [-0.25, -0.2) is 0 Å². The second kappa shape index (κ2) is 10.1. The first-order chi connectivity index (χ1) is 12.9. The molecule has 1 heterocycles. The van der Waals surface area contributed by atoms with E-state index in [0.717, 1.165) is 17.7 Å². The van der Waals surface area contributed by atoms with Crippen LogP contribution in [0.5, 0.6) is 0 Å². The number of aromatic nitrogens is 3. The van der Waals surface area contributed by atoms with E-state index >= 15 is 0 Å². The number of amides is 2. The van der Waals surface area contributed by atoms with Crippen molar-refractivity contribution in [3.63, 3.8) is 0 Å². The second-order valence-electron chi connectivity index (χ2n) is 6.58. The predicted octanol–water partition coefficient (Wildman–Crippen LogP) is 3.14. The second-order valence-corrected chi connectivity index (χ2v) is 7.52. The summed E-state index contributed by atoms with van der Waals surface area (Å²) in [6.45, 7) is 8.58. The van der Waals surface area contributed by atoms with Crippen LogP contribution in [0, 0.1) is 6.92 Å². The third-order valence-electron chi connectivity index (χ3n) is 4.02. The highest BCUT2D eigenvalue weighted by Crippen LogP contribution is 2.19. The van der Waals surface area contributed by atoms with E-state index in [2.05, 4.69) is 15.5 Å². The van der Waals surface area contributed by atoms with Gasteiger partial charge >= 0.3 is 0 Å². The average molecular weight is 390 g/mol. The minimum atomic E-state index is -0.193. The normalized spacial score (nSPS) is 10.9. The molecule has 0 bridgehead atoms. The van der Waals surface area contributed by atoms with E-state index in [9.17, 15) is 9.59 Å². The zero-order valence-corrected chi connectivity index (χ0v) is 17.1. The Morgan fingerprint density at radius 2 is 2.04 bits per heavy atom. The summed E-state index contributed by atoms with van der Waals surface area (Å²) in [4.78, 5) is 26.6. The highest BCUT2D eigenvalue weighted by Gasteiger charge is 2.18. The van der Waals surface area contributed by atoms with Crippen molar-refractivity contribution in [1.29, 1.82) is 0 Å². The van der Waals surface area contributed by atoms with E-state index in [0.29, 0.717) is 11.7 Å². The zero-order valence-electron chi connectivity index (χ0n) is 16.3. The Labute approximate surface area is 164 Å². The van der Waals surface area contributed by atoms with Crippen LogP contribution < -0.4 is 5.32 Å². The van der Waals surface area contributed by atoms with Gasteiger partial charge in [-0.3, -0.25) is 9.59 Å². The summed E-state index contributed by atoms with van der Waals surface area (Å²) in [5.41, 5.74) is 1.76. The van der Waals surface area contributed by atoms with Gasteiger partial charge < -0.3 is 14.8 Å². The van der Waals surface area contributed by atoms with E-state index < -0.39 is 0 Å². The standard InChI is InChI=1S/C19H27N5O2S/c1-5-10-23(11-17(25)21-16-9-7-6-8-15(16)4)18(26)12-27-19-22-20-13-24(19)14(2)3/h6-9,13-14H,5,10-12H2,1-4H3,(H,21,25). The van der Waals surface area contributed by atoms with Gasteiger partial charge in [-0.2, -0.15) is 0 Å². The van der Waals surface area contributed by atoms with Crippen LogP contribution in [0.1, 0.15) is 38.8 Å². The van der Waals surface area contributed by atoms with Crippen LogP contribution in [0.3, 0.4) is 0 Å². The number of carbonyl (C=O) groups is 2. The van der Waals surface area contributed by atoms with Crippen LogP contribution in [0.4, 0.5) is 5.69 Å². The lowest BCUT2D eigenvalue weighted by molar-refractivity contribution is -0.132. The van der Waals surface area contributed by atoms with Crippen molar-refractivity contribution >= 4 is 29.3 Å². The molecule has 0 saturated heterocycles. The van der Waals surface area contributed by atoms with E-state index in [1.807, 2.05) is 56.5 Å². The number of aryl methyl sites for hydroxylation is 1. The highest BCUT2D eigenvalue weighted by molar-refractivity contribution is 7.99. The molecule has 0 unspecified atom stereocenters. The summed E-state index contributed by atoms with van der Waals surface area (Å²) in [6.07, 6.45) is 2.45. The lowest BCUT2D eigenvalue weighted by Gasteiger charge is -2.22. The molecule has 2 aromatic rings. The molecular weight excluding hydrogens is 362 g/mol. The molecule has 0 aliphatic carbocycles. The smallest absolute Gasteiger partial charge is 0.244 e. The van der Waals surface area contributed by atoms with E-state index in [1.165, 1.54) is 11.8 Å². The van der Waals surface area contributed by atoms with Crippen molar-refractivity contribution in [3.05, 3.63) is 36.2 Å². The predicted molar refractivity (Wildman–Crippen MR) is 108 cm³/mol. The first-order valence-electron chi connectivity index (χ1n) is 9.08. The van der Waals surface area contributed by atoms with Crippen molar-refractivity contribution in [2.45, 2.75) is 45.3 Å². The van der Waals surface area contributed by atoms with Crippen LogP contribution in [0.25, 0.3) is 0 Å². The molecule has 2 rings (SSSR count). The maximum absolute atomic E-state index is 12.6. The van der Waals surface area contributed by atoms with Crippen LogP contribution in [0.2, 0.25) is 0 Å². The summed E-state index contributed by atoms with van der Waals surface area (Å²) in [7, 11) is 0. The quantitative estimate of drug-likeness (QED) is 0.667. The molecule has 2 amide bonds. The molecule has 1 aromatic heterocycles. The molecule has 27 heavy (non-hydrogen) atoms. The van der Waals surface area contributed by atoms with Crippen molar-refractivity contribution in [2.75, 3.05) is 24.2 Å². The Morgan fingerprint density at radius 1 is 1.30 bits per heavy atom. The maximum atomic E-state index is 12.6. The molecule has 0 radical (unpaired) electrons. The lowest BCUT2D eigenvalue weighted by atomic mass is 10.2. The largest absolute Gasteiger partial charge is 0.333 e. The highest BCUT2D eigenvalue weighted by atomic mass is 32.2. The summed E-state index contributed by atoms with van der Waals surface area (Å²) in [6, 6.07) is 7.81. The minimum absolute atomic E-state index is 0.0401. The molecule has 7 nitrogen and oxygen atoms in total. The molecule has 8 heteroatoms. The number of nitrogens with one attached hydrogen (secondary N) is 1. The average Bonchev–Trinajstić information content (AvgIpc) is 3.10. The van der Waals surface area contributed by atoms with Crippen LogP contribution in [-0.2, 0) is 9.59 Å². The summed E-state index contributed by atoms with van der Waals surface area (Å²) in [5.74, 6) is -0.0511. The topological polar surface area (TPSA) is 80.1 Å². The fourth-order valence-corrected chi connectivity index (χ4v) is 3.49. The number of benzene rings is 1. The van der Waals surface area contributed by atoms with Gasteiger partial charge in [0, 0.05) is 18.3 Å². The zero-order chi connectivity index (χ0) is 19.8. The van der Waals surface area contributed by atoms with Gasteiger partial charge in [-0.1, -0.05) is 36.9 Å². The molecule has 0 aliphatic rings. The van der Waals surface area contributed by atoms with E-state index in [1.54, 1.807) is 11.2 Å². The third kappa shape index (κ3) is 6.09. The summed E-state index contributed by atoms with van der Waals surface area (Å²) < 4.78 is 1.92. The van der Waals surface area contributed by atoms with Crippen molar-refractivity contribution in [2.24, 2.45) is 0 Å². The maximum Gasteiger partial charge on any atom is 0.244 e. The molecule has 0 saturated carbocycles. The first kappa shape index (κ1) is 21.0. The van der Waals surface area contributed by atoms with Gasteiger partial charge in [-0.15, -0.1) is 10.2 Å². The molecular formula is C19H27N5O2S. The van der Waals surface area contributed by atoms with Crippen molar-refractivity contribution in [3.8, 4) is 0 Å². The van der Waals surface area contributed by atoms with Gasteiger partial charge in [-0.05, 0) is 38.8 Å². The molecule has 0 aliphatic heterocycles. The number of carbonyl (C=O) groups excluding carboxylic acids is 2. The number of anilines is 1. The molecule has 0 fully saturated rings. The lowest BCUT2D eigenvalue weighted by Crippen LogP contribution is -2.39. The Morgan fingerprint density at radius 3 is 2.70 bits per heavy atom. The molecule has 0 atom stereocenters. The Bertz CT molecular complexity index is 775. The monoisotopic (exact) mass is 389 g/mol. The summed E-state index contributed by atoms with van der Waals surface area (Å²) >= 11 is 1.34. The molecule has 146 valence electrons. The summed E-state index contributed by atoms with van der Waals surface area (Å²) in [5, 5.41) is 11.6. The van der Waals surface area contributed by atoms with Gasteiger partial charge in [0.25, 0.3) is 0 Å². The van der Waals surface area contributed by atoms with Gasteiger partial charge in [0.15, 0.2) is 5.16 Å². The van der Waals surface area contributed by atoms with Gasteiger partial charge in [0.2, 0.25) is 11.8 Å². The fourth-order valence-electron chi connectivity index (χ4n) is 2.55. The number of para-hydroxylation sites is 1. The number of hydrogen-bond donors (Lipinski definition) is 1. The van der Waals surface area contributed by atoms with Crippen LogP contribution >= 0.6 is 11.8 Å². The number of rotatable bonds is 9. The fraction of sp³-hybridized carbons (Fsp3) is 0.474. The minimum Gasteiger partial charge on any atom is -0.333 e. The Kier molecular flexibility index (Phi) is 7.84. The van der Waals surface area contributed by atoms with Crippen LogP contribution in [-0.4, -0.2) is 50.3 Å². The Hall–Kier alpha value is -2.35. The van der Waals surface area contributed by atoms with Gasteiger partial charge in [0.1, 0.15) is 6.33 Å². The van der Waals surface area contributed by atoms with E-state index in [-0.39, 0.29) is 30.2 Å². The first-order valence-corrected chi connectivity index (χ1v) is 10.1. The molecule has 0 spiro atoms.